The van der Waals surface area contributed by atoms with Crippen molar-refractivity contribution in [3.05, 3.63) is 87.9 Å². The Labute approximate surface area is 215 Å². The molecule has 0 radical (unpaired) electrons. The average molecular weight is 571 g/mol. The first-order valence-corrected chi connectivity index (χ1v) is 12.7. The zero-order valence-electron chi connectivity index (χ0n) is 19.0. The van der Waals surface area contributed by atoms with Gasteiger partial charge in [0.15, 0.2) is 11.5 Å². The first-order valence-electron chi connectivity index (χ1n) is 10.5. The fourth-order valence-corrected chi connectivity index (χ4v) is 4.57. The van der Waals surface area contributed by atoms with Crippen LogP contribution in [0.15, 0.2) is 81.7 Å². The number of carbonyl (C=O) groups excluding carboxylic acids is 3. The van der Waals surface area contributed by atoms with E-state index in [-0.39, 0.29) is 27.7 Å². The van der Waals surface area contributed by atoms with Gasteiger partial charge >= 0.3 is 16.1 Å². The number of halogens is 1. The van der Waals surface area contributed by atoms with E-state index >= 15 is 0 Å². The monoisotopic (exact) mass is 570 g/mol. The average Bonchev–Trinajstić information content (AvgIpc) is 2.83. The van der Waals surface area contributed by atoms with Crippen molar-refractivity contribution in [2.24, 2.45) is 0 Å². The van der Waals surface area contributed by atoms with Gasteiger partial charge in [-0.25, -0.2) is 9.69 Å². The minimum Gasteiger partial charge on any atom is -0.493 e. The van der Waals surface area contributed by atoms with Gasteiger partial charge in [-0.15, -0.1) is 0 Å². The van der Waals surface area contributed by atoms with Gasteiger partial charge in [0, 0.05) is 4.47 Å². The fourth-order valence-electron chi connectivity index (χ4n) is 3.36. The van der Waals surface area contributed by atoms with Crippen LogP contribution in [0.5, 0.6) is 11.5 Å². The molecule has 36 heavy (non-hydrogen) atoms. The van der Waals surface area contributed by atoms with Crippen LogP contribution in [-0.4, -0.2) is 33.4 Å². The van der Waals surface area contributed by atoms with Crippen LogP contribution in [-0.2, 0) is 19.7 Å². The van der Waals surface area contributed by atoms with Gasteiger partial charge in [-0.2, -0.15) is 8.42 Å². The van der Waals surface area contributed by atoms with Crippen LogP contribution in [0, 0.1) is 6.92 Å². The largest absolute Gasteiger partial charge is 0.493 e. The molecule has 0 aromatic heterocycles. The predicted octanol–water partition coefficient (Wildman–Crippen LogP) is 4.20. The third kappa shape index (κ3) is 5.16. The summed E-state index contributed by atoms with van der Waals surface area (Å²) in [5.41, 5.74) is 1.23. The number of barbiturate groups is 1. The molecule has 11 heteroatoms. The number of ether oxygens (including phenoxy) is 1. The molecule has 3 aromatic rings. The Balaban J connectivity index is 1.64. The van der Waals surface area contributed by atoms with Gasteiger partial charge in [-0.1, -0.05) is 39.7 Å². The van der Waals surface area contributed by atoms with Crippen molar-refractivity contribution >= 4 is 55.7 Å². The van der Waals surface area contributed by atoms with E-state index in [0.717, 1.165) is 14.9 Å². The second-order valence-corrected chi connectivity index (χ2v) is 10.2. The van der Waals surface area contributed by atoms with E-state index in [1.165, 1.54) is 43.5 Å². The summed E-state index contributed by atoms with van der Waals surface area (Å²) in [6.45, 7) is 1.83. The van der Waals surface area contributed by atoms with E-state index in [1.54, 1.807) is 36.4 Å². The number of anilines is 1. The molecule has 1 saturated heterocycles. The molecule has 4 rings (SSSR count). The summed E-state index contributed by atoms with van der Waals surface area (Å²) in [6, 6.07) is 15.9. The molecule has 0 saturated carbocycles. The maximum atomic E-state index is 13.1. The number of hydrogen-bond acceptors (Lipinski definition) is 7. The van der Waals surface area contributed by atoms with Gasteiger partial charge in [-0.05, 0) is 67.1 Å². The van der Waals surface area contributed by atoms with Crippen LogP contribution >= 0.6 is 15.9 Å². The molecule has 0 unspecified atom stereocenters. The Morgan fingerprint density at radius 1 is 0.917 bits per heavy atom. The van der Waals surface area contributed by atoms with Crippen LogP contribution in [0.2, 0.25) is 0 Å². The van der Waals surface area contributed by atoms with Gasteiger partial charge in [0.05, 0.1) is 12.8 Å². The van der Waals surface area contributed by atoms with Gasteiger partial charge in [0.25, 0.3) is 11.8 Å². The Morgan fingerprint density at radius 2 is 1.58 bits per heavy atom. The standard InChI is InChI=1S/C25H19BrN2O7S/c1-15-3-10-19(11-4-15)36(32,33)35-21-12-5-16(14-22(21)34-2)13-20-23(29)27-25(31)28(24(20)30)18-8-6-17(26)7-9-18/h3-14H,1-2H3,(H,27,29,31)/b20-13+. The second-order valence-electron chi connectivity index (χ2n) is 7.70. The number of aryl methyl sites for hydroxylation is 1. The SMILES string of the molecule is COc1cc(/C=C2\C(=O)NC(=O)N(c3ccc(Br)cc3)C2=O)ccc1OS(=O)(=O)c1ccc(C)cc1. The molecule has 0 aliphatic carbocycles. The molecule has 3 aromatic carbocycles. The van der Waals surface area contributed by atoms with Crippen molar-refractivity contribution < 1.29 is 31.7 Å². The van der Waals surface area contributed by atoms with Gasteiger partial charge < -0.3 is 8.92 Å². The minimum absolute atomic E-state index is 0.0245. The van der Waals surface area contributed by atoms with E-state index in [0.29, 0.717) is 5.56 Å². The molecule has 1 aliphatic rings. The molecule has 1 heterocycles. The molecular weight excluding hydrogens is 552 g/mol. The number of imide groups is 2. The molecule has 1 fully saturated rings. The van der Waals surface area contributed by atoms with E-state index in [1.807, 2.05) is 6.92 Å². The van der Waals surface area contributed by atoms with E-state index in [9.17, 15) is 22.8 Å². The molecular formula is C25H19BrN2O7S. The number of carbonyl (C=O) groups is 3. The predicted molar refractivity (Wildman–Crippen MR) is 135 cm³/mol. The lowest BCUT2D eigenvalue weighted by molar-refractivity contribution is -0.122. The number of nitrogens with zero attached hydrogens (tertiary/aromatic N) is 1. The number of urea groups is 1. The highest BCUT2D eigenvalue weighted by Gasteiger charge is 2.36. The Morgan fingerprint density at radius 3 is 2.22 bits per heavy atom. The van der Waals surface area contributed by atoms with Crippen LogP contribution in [0.4, 0.5) is 10.5 Å². The number of hydrogen-bond donors (Lipinski definition) is 1. The molecule has 0 bridgehead atoms. The molecule has 0 atom stereocenters. The minimum atomic E-state index is -4.13. The Bertz CT molecular complexity index is 1500. The summed E-state index contributed by atoms with van der Waals surface area (Å²) in [5.74, 6) is -1.69. The van der Waals surface area contributed by atoms with Crippen molar-refractivity contribution in [3.8, 4) is 11.5 Å². The number of benzene rings is 3. The normalized spacial score (nSPS) is 15.1. The Kier molecular flexibility index (Phi) is 6.95. The van der Waals surface area contributed by atoms with Gasteiger partial charge in [0.2, 0.25) is 0 Å². The second kappa shape index (κ2) is 9.96. The summed E-state index contributed by atoms with van der Waals surface area (Å²) in [6.07, 6.45) is 1.27. The summed E-state index contributed by atoms with van der Waals surface area (Å²) in [5, 5.41) is 2.15. The highest BCUT2D eigenvalue weighted by Crippen LogP contribution is 2.32. The zero-order chi connectivity index (χ0) is 26.0. The van der Waals surface area contributed by atoms with Gasteiger partial charge in [0.1, 0.15) is 10.5 Å². The van der Waals surface area contributed by atoms with Crippen LogP contribution < -0.4 is 19.1 Å². The summed E-state index contributed by atoms with van der Waals surface area (Å²) >= 11 is 3.29. The molecule has 9 nitrogen and oxygen atoms in total. The number of nitrogens with one attached hydrogen (secondary N) is 1. The Hall–Kier alpha value is -3.96. The number of rotatable bonds is 6. The summed E-state index contributed by atoms with van der Waals surface area (Å²) in [7, 11) is -2.81. The third-order valence-corrected chi connectivity index (χ3v) is 6.97. The lowest BCUT2D eigenvalue weighted by Gasteiger charge is -2.26. The number of methoxy groups -OCH3 is 1. The topological polar surface area (TPSA) is 119 Å². The molecule has 1 aliphatic heterocycles. The molecule has 0 spiro atoms. The van der Waals surface area contributed by atoms with E-state index in [2.05, 4.69) is 21.2 Å². The molecule has 4 amide bonds. The van der Waals surface area contributed by atoms with Crippen LogP contribution in [0.25, 0.3) is 6.08 Å². The van der Waals surface area contributed by atoms with Crippen molar-refractivity contribution in [3.63, 3.8) is 0 Å². The first kappa shape index (κ1) is 25.1. The summed E-state index contributed by atoms with van der Waals surface area (Å²) < 4.78 is 36.6. The molecule has 184 valence electrons. The summed E-state index contributed by atoms with van der Waals surface area (Å²) in [4.78, 5) is 38.7. The van der Waals surface area contributed by atoms with Crippen molar-refractivity contribution in [1.29, 1.82) is 0 Å². The van der Waals surface area contributed by atoms with Crippen molar-refractivity contribution in [2.45, 2.75) is 11.8 Å². The highest BCUT2D eigenvalue weighted by atomic mass is 79.9. The zero-order valence-corrected chi connectivity index (χ0v) is 21.4. The lowest BCUT2D eigenvalue weighted by Crippen LogP contribution is -2.54. The van der Waals surface area contributed by atoms with E-state index in [4.69, 9.17) is 8.92 Å². The maximum absolute atomic E-state index is 13.1. The smallest absolute Gasteiger partial charge is 0.339 e. The fraction of sp³-hybridized carbons (Fsp3) is 0.0800. The molecule has 1 N–H and O–H groups in total. The van der Waals surface area contributed by atoms with Crippen molar-refractivity contribution in [1.82, 2.24) is 5.32 Å². The van der Waals surface area contributed by atoms with E-state index < -0.39 is 28.0 Å². The maximum Gasteiger partial charge on any atom is 0.339 e. The lowest BCUT2D eigenvalue weighted by atomic mass is 10.1. The van der Waals surface area contributed by atoms with Crippen molar-refractivity contribution in [2.75, 3.05) is 12.0 Å². The quantitative estimate of drug-likeness (QED) is 0.268. The van der Waals surface area contributed by atoms with Gasteiger partial charge in [-0.3, -0.25) is 14.9 Å². The number of amides is 4. The first-order chi connectivity index (χ1) is 17.1. The van der Waals surface area contributed by atoms with Crippen LogP contribution in [0.3, 0.4) is 0 Å². The van der Waals surface area contributed by atoms with Crippen LogP contribution in [0.1, 0.15) is 11.1 Å². The third-order valence-electron chi connectivity index (χ3n) is 5.19. The highest BCUT2D eigenvalue weighted by molar-refractivity contribution is 9.10.